The van der Waals surface area contributed by atoms with Crippen molar-refractivity contribution >= 4 is 16.9 Å². The topological polar surface area (TPSA) is 47.9 Å². The summed E-state index contributed by atoms with van der Waals surface area (Å²) in [6.07, 6.45) is 5.52. The fraction of sp³-hybridized carbons (Fsp3) is 0.389. The monoisotopic (exact) mass is 297 g/mol. The van der Waals surface area contributed by atoms with E-state index in [0.717, 1.165) is 53.5 Å². The van der Waals surface area contributed by atoms with Crippen LogP contribution >= 0.6 is 0 Å². The van der Waals surface area contributed by atoms with Crippen LogP contribution in [-0.4, -0.2) is 20.3 Å². The first-order valence-electron chi connectivity index (χ1n) is 7.49. The third-order valence-corrected chi connectivity index (χ3v) is 4.57. The number of methoxy groups -OCH3 is 2. The third-order valence-electron chi connectivity index (χ3n) is 4.57. The van der Waals surface area contributed by atoms with Crippen LogP contribution in [0.3, 0.4) is 0 Å². The van der Waals surface area contributed by atoms with E-state index >= 15 is 0 Å². The minimum Gasteiger partial charge on any atom is -0.496 e. The third kappa shape index (κ3) is 2.16. The fourth-order valence-corrected chi connectivity index (χ4v) is 3.54. The first kappa shape index (κ1) is 14.6. The van der Waals surface area contributed by atoms with Gasteiger partial charge >= 0.3 is 0 Å². The van der Waals surface area contributed by atoms with Gasteiger partial charge in [-0.25, -0.2) is 4.79 Å². The molecule has 1 fully saturated rings. The number of carbonyl (C=O) groups excluding carboxylic acids is 1. The molecule has 4 nitrogen and oxygen atoms in total. The largest absolute Gasteiger partial charge is 0.496 e. The van der Waals surface area contributed by atoms with E-state index < -0.39 is 5.54 Å². The summed E-state index contributed by atoms with van der Waals surface area (Å²) in [5.41, 5.74) is 0.385. The van der Waals surface area contributed by atoms with Crippen molar-refractivity contribution in [2.45, 2.75) is 31.2 Å². The molecule has 1 aliphatic carbocycles. The molecule has 0 bridgehead atoms. The Morgan fingerprint density at radius 1 is 1.09 bits per heavy atom. The average Bonchev–Trinajstić information content (AvgIpc) is 3.03. The molecule has 4 heteroatoms. The summed E-state index contributed by atoms with van der Waals surface area (Å²) in [6.45, 7) is 0. The van der Waals surface area contributed by atoms with E-state index in [1.54, 1.807) is 20.3 Å². The lowest BCUT2D eigenvalue weighted by Gasteiger charge is -2.26. The highest BCUT2D eigenvalue weighted by molar-refractivity contribution is 5.95. The molecule has 0 aromatic heterocycles. The molecule has 0 radical (unpaired) electrons. The van der Waals surface area contributed by atoms with Crippen LogP contribution in [0.5, 0.6) is 11.5 Å². The number of hydrogen-bond acceptors (Lipinski definition) is 4. The maximum absolute atomic E-state index is 11.0. The predicted molar refractivity (Wildman–Crippen MR) is 85.3 cm³/mol. The normalized spacial score (nSPS) is 16.3. The Hall–Kier alpha value is -2.32. The zero-order valence-electron chi connectivity index (χ0n) is 12.9. The van der Waals surface area contributed by atoms with E-state index in [2.05, 4.69) is 4.99 Å². The molecular formula is C18H19NO3. The van der Waals surface area contributed by atoms with Gasteiger partial charge in [-0.15, -0.1) is 0 Å². The maximum atomic E-state index is 11.0. The highest BCUT2D eigenvalue weighted by Gasteiger charge is 2.39. The summed E-state index contributed by atoms with van der Waals surface area (Å²) in [6, 6.07) is 9.92. The zero-order chi connectivity index (χ0) is 15.6. The van der Waals surface area contributed by atoms with Crippen molar-refractivity contribution in [3.8, 4) is 11.5 Å². The number of hydrogen-bond donors (Lipinski definition) is 0. The van der Waals surface area contributed by atoms with Crippen LogP contribution in [0.2, 0.25) is 0 Å². The van der Waals surface area contributed by atoms with Crippen molar-refractivity contribution in [2.24, 2.45) is 4.99 Å². The van der Waals surface area contributed by atoms with Crippen LogP contribution in [0.4, 0.5) is 0 Å². The van der Waals surface area contributed by atoms with Gasteiger partial charge in [-0.2, -0.15) is 4.99 Å². The van der Waals surface area contributed by atoms with Crippen molar-refractivity contribution in [1.29, 1.82) is 0 Å². The maximum Gasteiger partial charge on any atom is 0.235 e. The highest BCUT2D eigenvalue weighted by Crippen LogP contribution is 2.49. The van der Waals surface area contributed by atoms with Crippen molar-refractivity contribution < 1.29 is 14.3 Å². The van der Waals surface area contributed by atoms with Gasteiger partial charge in [-0.1, -0.05) is 37.1 Å². The Kier molecular flexibility index (Phi) is 3.86. The molecule has 114 valence electrons. The van der Waals surface area contributed by atoms with Gasteiger partial charge in [0.15, 0.2) is 0 Å². The SMILES string of the molecule is COc1cc(C2(N=C=O)CCCC2)c(OC)c2ccccc12. The molecule has 2 aromatic carbocycles. The molecular weight excluding hydrogens is 278 g/mol. The van der Waals surface area contributed by atoms with Crippen LogP contribution in [0.25, 0.3) is 10.8 Å². The van der Waals surface area contributed by atoms with Gasteiger partial charge in [0.2, 0.25) is 6.08 Å². The van der Waals surface area contributed by atoms with E-state index in [1.807, 2.05) is 30.3 Å². The molecule has 1 aliphatic rings. The fourth-order valence-electron chi connectivity index (χ4n) is 3.54. The number of fused-ring (bicyclic) bond motifs is 1. The standard InChI is InChI=1S/C18H19NO3/c1-21-16-11-15(18(19-12-20)9-5-6-10-18)17(22-2)14-8-4-3-7-13(14)16/h3-4,7-8,11H,5-6,9-10H2,1-2H3. The van der Waals surface area contributed by atoms with Crippen molar-refractivity contribution in [3.05, 3.63) is 35.9 Å². The van der Waals surface area contributed by atoms with Crippen LogP contribution < -0.4 is 9.47 Å². The minimum absolute atomic E-state index is 0.537. The van der Waals surface area contributed by atoms with Crippen molar-refractivity contribution in [1.82, 2.24) is 0 Å². The molecule has 0 atom stereocenters. The van der Waals surface area contributed by atoms with Crippen LogP contribution in [0.1, 0.15) is 31.2 Å². The van der Waals surface area contributed by atoms with Gasteiger partial charge in [0, 0.05) is 16.3 Å². The average molecular weight is 297 g/mol. The van der Waals surface area contributed by atoms with Crippen LogP contribution in [0.15, 0.2) is 35.3 Å². The molecule has 0 heterocycles. The summed E-state index contributed by atoms with van der Waals surface area (Å²) in [5, 5.41) is 1.97. The van der Waals surface area contributed by atoms with Crippen LogP contribution in [-0.2, 0) is 10.3 Å². The highest BCUT2D eigenvalue weighted by atomic mass is 16.5. The number of nitrogens with zero attached hydrogens (tertiary/aromatic N) is 1. The van der Waals surface area contributed by atoms with Gasteiger partial charge in [-0.3, -0.25) is 0 Å². The first-order chi connectivity index (χ1) is 10.8. The molecule has 0 N–H and O–H groups in total. The number of rotatable bonds is 4. The molecule has 3 rings (SSSR count). The number of benzene rings is 2. The van der Waals surface area contributed by atoms with Gasteiger partial charge in [0.05, 0.1) is 14.2 Å². The lowest BCUT2D eigenvalue weighted by atomic mass is 9.86. The lowest BCUT2D eigenvalue weighted by molar-refractivity contribution is 0.377. The zero-order valence-corrected chi connectivity index (χ0v) is 12.9. The van der Waals surface area contributed by atoms with Gasteiger partial charge < -0.3 is 9.47 Å². The second-order valence-corrected chi connectivity index (χ2v) is 5.65. The molecule has 0 aliphatic heterocycles. The Balaban J connectivity index is 2.35. The Morgan fingerprint density at radius 3 is 2.36 bits per heavy atom. The number of isocyanates is 1. The molecule has 0 saturated heterocycles. The van der Waals surface area contributed by atoms with E-state index in [9.17, 15) is 4.79 Å². The summed E-state index contributed by atoms with van der Waals surface area (Å²) in [4.78, 5) is 15.2. The van der Waals surface area contributed by atoms with E-state index in [4.69, 9.17) is 9.47 Å². The summed E-state index contributed by atoms with van der Waals surface area (Å²) >= 11 is 0. The van der Waals surface area contributed by atoms with E-state index in [0.29, 0.717) is 0 Å². The number of aliphatic imine (C=N–C) groups is 1. The minimum atomic E-state index is -0.537. The smallest absolute Gasteiger partial charge is 0.235 e. The number of ether oxygens (including phenoxy) is 2. The summed E-state index contributed by atoms with van der Waals surface area (Å²) < 4.78 is 11.3. The summed E-state index contributed by atoms with van der Waals surface area (Å²) in [7, 11) is 3.31. The predicted octanol–water partition coefficient (Wildman–Crippen LogP) is 3.96. The molecule has 22 heavy (non-hydrogen) atoms. The Labute approximate surface area is 129 Å². The van der Waals surface area contributed by atoms with E-state index in [1.165, 1.54) is 0 Å². The summed E-state index contributed by atoms with van der Waals surface area (Å²) in [5.74, 6) is 1.55. The molecule has 0 unspecified atom stereocenters. The van der Waals surface area contributed by atoms with Gasteiger partial charge in [0.1, 0.15) is 17.0 Å². The van der Waals surface area contributed by atoms with Gasteiger partial charge in [-0.05, 0) is 18.9 Å². The second-order valence-electron chi connectivity index (χ2n) is 5.65. The van der Waals surface area contributed by atoms with Crippen molar-refractivity contribution in [3.63, 3.8) is 0 Å². The van der Waals surface area contributed by atoms with Crippen LogP contribution in [0, 0.1) is 0 Å². The Bertz CT molecular complexity index is 741. The molecule has 0 amide bonds. The molecule has 1 saturated carbocycles. The van der Waals surface area contributed by atoms with Gasteiger partial charge in [0.25, 0.3) is 0 Å². The molecule has 2 aromatic rings. The quantitative estimate of drug-likeness (QED) is 0.634. The molecule has 0 spiro atoms. The lowest BCUT2D eigenvalue weighted by Crippen LogP contribution is -2.20. The van der Waals surface area contributed by atoms with Crippen molar-refractivity contribution in [2.75, 3.05) is 14.2 Å². The van der Waals surface area contributed by atoms with E-state index in [-0.39, 0.29) is 0 Å². The second kappa shape index (κ2) is 5.82. The first-order valence-corrected chi connectivity index (χ1v) is 7.49. The Morgan fingerprint density at radius 2 is 1.77 bits per heavy atom.